The Hall–Kier alpha value is -4.66. The number of non-ortho nitro benzene ring substituents is 1. The van der Waals surface area contributed by atoms with Crippen LogP contribution in [-0.2, 0) is 19.3 Å². The van der Waals surface area contributed by atoms with Gasteiger partial charge >= 0.3 is 6.18 Å². The molecule has 9 heteroatoms. The Bertz CT molecular complexity index is 1480. The van der Waals surface area contributed by atoms with Crippen molar-refractivity contribution in [3.63, 3.8) is 0 Å². The van der Waals surface area contributed by atoms with Crippen LogP contribution in [0.1, 0.15) is 38.8 Å². The third-order valence-electron chi connectivity index (χ3n) is 6.49. The first kappa shape index (κ1) is 25.0. The highest BCUT2D eigenvalue weighted by atomic mass is 19.4. The van der Waals surface area contributed by atoms with Crippen molar-refractivity contribution in [2.75, 3.05) is 4.90 Å². The molecule has 1 heterocycles. The number of benzene rings is 4. The summed E-state index contributed by atoms with van der Waals surface area (Å²) < 4.78 is 41.1. The number of hydrogen-bond donors (Lipinski definition) is 0. The van der Waals surface area contributed by atoms with Crippen molar-refractivity contribution in [3.8, 4) is 0 Å². The lowest BCUT2D eigenvalue weighted by atomic mass is 9.97. The molecular formula is C29H22F3N3O3. The highest BCUT2D eigenvalue weighted by molar-refractivity contribution is 6.02. The lowest BCUT2D eigenvalue weighted by molar-refractivity contribution is -0.384. The number of hydrogen-bond acceptors (Lipinski definition) is 4. The zero-order chi connectivity index (χ0) is 26.9. The zero-order valence-corrected chi connectivity index (χ0v) is 20.0. The zero-order valence-electron chi connectivity index (χ0n) is 20.0. The summed E-state index contributed by atoms with van der Waals surface area (Å²) in [6.07, 6.45) is -5.47. The topological polar surface area (TPSA) is 66.7 Å². The molecule has 0 aromatic heterocycles. The number of halogens is 3. The summed E-state index contributed by atoms with van der Waals surface area (Å²) in [6, 6.07) is 27.4. The molecule has 1 aliphatic rings. The van der Waals surface area contributed by atoms with Gasteiger partial charge in [-0.1, -0.05) is 72.8 Å². The van der Waals surface area contributed by atoms with Crippen LogP contribution < -0.4 is 4.90 Å². The van der Waals surface area contributed by atoms with Crippen LogP contribution in [0.25, 0.3) is 0 Å². The van der Waals surface area contributed by atoms with Gasteiger partial charge in [-0.05, 0) is 34.9 Å². The third kappa shape index (κ3) is 4.95. The average Bonchev–Trinajstić information content (AvgIpc) is 2.92. The highest BCUT2D eigenvalue weighted by Gasteiger charge is 2.40. The van der Waals surface area contributed by atoms with Crippen LogP contribution in [0, 0.1) is 10.1 Å². The minimum Gasteiger partial charge on any atom is -0.342 e. The maximum atomic E-state index is 13.9. The molecule has 0 radical (unpaired) electrons. The van der Waals surface area contributed by atoms with Crippen molar-refractivity contribution in [2.24, 2.45) is 0 Å². The Morgan fingerprint density at radius 2 is 1.37 bits per heavy atom. The van der Waals surface area contributed by atoms with Gasteiger partial charge in [0.1, 0.15) is 6.17 Å². The van der Waals surface area contributed by atoms with Gasteiger partial charge in [0.2, 0.25) is 0 Å². The fraction of sp³-hybridized carbons (Fsp3) is 0.138. The molecule has 5 rings (SSSR count). The summed E-state index contributed by atoms with van der Waals surface area (Å²) in [5, 5.41) is 11.5. The largest absolute Gasteiger partial charge is 0.416 e. The number of nitrogens with zero attached hydrogens (tertiary/aromatic N) is 3. The Kier molecular flexibility index (Phi) is 6.59. The average molecular weight is 518 g/mol. The molecule has 0 aliphatic carbocycles. The second-order valence-corrected chi connectivity index (χ2v) is 8.99. The molecule has 1 aliphatic heterocycles. The van der Waals surface area contributed by atoms with Crippen LogP contribution in [0.15, 0.2) is 103 Å². The summed E-state index contributed by atoms with van der Waals surface area (Å²) >= 11 is 0. The minimum absolute atomic E-state index is 0.0913. The Labute approximate surface area is 216 Å². The molecule has 0 saturated carbocycles. The van der Waals surface area contributed by atoms with E-state index in [0.717, 1.165) is 23.3 Å². The van der Waals surface area contributed by atoms with E-state index in [1.807, 2.05) is 65.6 Å². The Morgan fingerprint density at radius 3 is 1.95 bits per heavy atom. The first-order valence-corrected chi connectivity index (χ1v) is 11.8. The van der Waals surface area contributed by atoms with Gasteiger partial charge in [0, 0.05) is 25.2 Å². The van der Waals surface area contributed by atoms with E-state index in [1.54, 1.807) is 6.07 Å². The second kappa shape index (κ2) is 10.0. The minimum atomic E-state index is -4.57. The van der Waals surface area contributed by atoms with E-state index in [1.165, 1.54) is 29.2 Å². The van der Waals surface area contributed by atoms with Crippen molar-refractivity contribution >= 4 is 17.3 Å². The molecule has 1 amide bonds. The molecule has 0 bridgehead atoms. The maximum Gasteiger partial charge on any atom is 0.416 e. The molecule has 0 fully saturated rings. The molecule has 0 spiro atoms. The predicted octanol–water partition coefficient (Wildman–Crippen LogP) is 6.98. The number of fused-ring (bicyclic) bond motifs is 1. The number of amides is 1. The van der Waals surface area contributed by atoms with E-state index < -0.39 is 28.7 Å². The van der Waals surface area contributed by atoms with E-state index in [9.17, 15) is 28.1 Å². The smallest absolute Gasteiger partial charge is 0.342 e. The highest BCUT2D eigenvalue weighted by Crippen LogP contribution is 2.43. The number of rotatable bonds is 6. The van der Waals surface area contributed by atoms with Crippen molar-refractivity contribution in [2.45, 2.75) is 25.4 Å². The van der Waals surface area contributed by atoms with Crippen LogP contribution in [0.5, 0.6) is 0 Å². The van der Waals surface area contributed by atoms with Crippen LogP contribution >= 0.6 is 0 Å². The van der Waals surface area contributed by atoms with Crippen molar-refractivity contribution < 1.29 is 22.9 Å². The number of alkyl halides is 3. The molecule has 0 N–H and O–H groups in total. The molecule has 0 saturated heterocycles. The van der Waals surface area contributed by atoms with E-state index in [0.29, 0.717) is 5.69 Å². The predicted molar refractivity (Wildman–Crippen MR) is 136 cm³/mol. The SMILES string of the molecule is O=C1c2cc([N+](=O)[O-])ccc2N(Cc2ccccc2)[C@H](c2cccc(C(F)(F)F)c2)N1Cc1ccccc1. The number of anilines is 1. The van der Waals surface area contributed by atoms with Gasteiger partial charge in [-0.25, -0.2) is 0 Å². The standard InChI is InChI=1S/C29H22F3N3O3/c30-29(31,32)23-13-7-12-22(16-23)27-33(18-20-8-3-1-4-9-20)26-15-14-24(35(37)38)17-25(26)28(36)34(27)19-21-10-5-2-6-11-21/h1-17,27H,18-19H2/t27-/m0/s1. The number of carbonyl (C=O) groups is 1. The number of nitro groups is 1. The van der Waals surface area contributed by atoms with Crippen LogP contribution in [0.2, 0.25) is 0 Å². The third-order valence-corrected chi connectivity index (χ3v) is 6.49. The molecule has 192 valence electrons. The molecular weight excluding hydrogens is 495 g/mol. The number of carbonyl (C=O) groups excluding carboxylic acids is 1. The Balaban J connectivity index is 1.72. The Morgan fingerprint density at radius 1 is 0.763 bits per heavy atom. The van der Waals surface area contributed by atoms with Gasteiger partial charge in [-0.3, -0.25) is 14.9 Å². The van der Waals surface area contributed by atoms with Gasteiger partial charge < -0.3 is 9.80 Å². The summed E-state index contributed by atoms with van der Waals surface area (Å²) in [5.41, 5.74) is 1.38. The number of nitro benzene ring substituents is 1. The van der Waals surface area contributed by atoms with Crippen molar-refractivity contribution in [1.82, 2.24) is 4.90 Å². The van der Waals surface area contributed by atoms with Gasteiger partial charge in [-0.2, -0.15) is 13.2 Å². The molecule has 1 atom stereocenters. The van der Waals surface area contributed by atoms with Gasteiger partial charge in [-0.15, -0.1) is 0 Å². The van der Waals surface area contributed by atoms with Crippen LogP contribution in [0.3, 0.4) is 0 Å². The normalized spacial score (nSPS) is 15.3. The fourth-order valence-corrected chi connectivity index (χ4v) is 4.75. The van der Waals surface area contributed by atoms with Crippen molar-refractivity contribution in [1.29, 1.82) is 0 Å². The van der Waals surface area contributed by atoms with Crippen LogP contribution in [0.4, 0.5) is 24.5 Å². The van der Waals surface area contributed by atoms with E-state index >= 15 is 0 Å². The fourth-order valence-electron chi connectivity index (χ4n) is 4.75. The summed E-state index contributed by atoms with van der Waals surface area (Å²) in [7, 11) is 0. The molecule has 0 unspecified atom stereocenters. The lowest BCUT2D eigenvalue weighted by Crippen LogP contribution is -2.48. The van der Waals surface area contributed by atoms with Gasteiger partial charge in [0.15, 0.2) is 0 Å². The lowest BCUT2D eigenvalue weighted by Gasteiger charge is -2.46. The monoisotopic (exact) mass is 517 g/mol. The summed E-state index contributed by atoms with van der Waals surface area (Å²) in [5.74, 6) is -0.501. The summed E-state index contributed by atoms with van der Waals surface area (Å²) in [4.78, 5) is 28.2. The first-order valence-electron chi connectivity index (χ1n) is 11.8. The molecule has 6 nitrogen and oxygen atoms in total. The van der Waals surface area contributed by atoms with Gasteiger partial charge in [0.25, 0.3) is 11.6 Å². The molecule has 4 aromatic rings. The quantitative estimate of drug-likeness (QED) is 0.205. The van der Waals surface area contributed by atoms with Gasteiger partial charge in [0.05, 0.1) is 21.7 Å². The van der Waals surface area contributed by atoms with Crippen LogP contribution in [-0.4, -0.2) is 15.7 Å². The van der Waals surface area contributed by atoms with E-state index in [4.69, 9.17) is 0 Å². The maximum absolute atomic E-state index is 13.9. The summed E-state index contributed by atoms with van der Waals surface area (Å²) in [6.45, 7) is 0.346. The van der Waals surface area contributed by atoms with Crippen molar-refractivity contribution in [3.05, 3.63) is 141 Å². The van der Waals surface area contributed by atoms with E-state index in [-0.39, 0.29) is 29.9 Å². The molecule has 38 heavy (non-hydrogen) atoms. The first-order chi connectivity index (χ1) is 18.2. The second-order valence-electron chi connectivity index (χ2n) is 8.99. The van der Waals surface area contributed by atoms with E-state index in [2.05, 4.69) is 0 Å². The molecule has 4 aromatic carbocycles.